The van der Waals surface area contributed by atoms with E-state index in [0.717, 1.165) is 12.8 Å². The zero-order valence-corrected chi connectivity index (χ0v) is 16.6. The Morgan fingerprint density at radius 1 is 1.15 bits per heavy atom. The first-order chi connectivity index (χ1) is 13.1. The van der Waals surface area contributed by atoms with Gasteiger partial charge in [-0.2, -0.15) is 0 Å². The van der Waals surface area contributed by atoms with E-state index in [4.69, 9.17) is 4.42 Å². The minimum atomic E-state index is -0.0455. The number of furan rings is 1. The molecule has 1 aromatic carbocycles. The van der Waals surface area contributed by atoms with Gasteiger partial charge in [0, 0.05) is 13.6 Å². The van der Waals surface area contributed by atoms with Crippen LogP contribution in [0.3, 0.4) is 0 Å². The molecule has 140 valence electrons. The summed E-state index contributed by atoms with van der Waals surface area (Å²) in [7, 11) is 1.83. The molecule has 27 heavy (non-hydrogen) atoms. The summed E-state index contributed by atoms with van der Waals surface area (Å²) in [6, 6.07) is 13.9. The van der Waals surface area contributed by atoms with Crippen LogP contribution in [-0.4, -0.2) is 40.6 Å². The second-order valence-electron chi connectivity index (χ2n) is 6.31. The molecular weight excluding hydrogens is 358 g/mol. The minimum Gasteiger partial charge on any atom is -0.461 e. The molecule has 0 atom stereocenters. The zero-order valence-electron chi connectivity index (χ0n) is 15.8. The third-order valence-corrected chi connectivity index (χ3v) is 5.04. The molecule has 1 amide bonds. The lowest BCUT2D eigenvalue weighted by molar-refractivity contribution is 0.0788. The van der Waals surface area contributed by atoms with Gasteiger partial charge in [0.15, 0.2) is 11.6 Å². The fourth-order valence-corrected chi connectivity index (χ4v) is 3.53. The molecule has 3 rings (SSSR count). The van der Waals surface area contributed by atoms with Gasteiger partial charge in [-0.05, 0) is 43.7 Å². The number of nitrogens with zero attached hydrogens (tertiary/aromatic N) is 3. The van der Waals surface area contributed by atoms with Crippen LogP contribution in [0.5, 0.6) is 0 Å². The van der Waals surface area contributed by atoms with Crippen molar-refractivity contribution in [1.29, 1.82) is 0 Å². The van der Waals surface area contributed by atoms with Crippen LogP contribution in [0.1, 0.15) is 28.0 Å². The van der Waals surface area contributed by atoms with E-state index in [-0.39, 0.29) is 5.91 Å². The summed E-state index contributed by atoms with van der Waals surface area (Å²) in [4.78, 5) is 23.8. The number of aryl methyl sites for hydroxylation is 2. The average Bonchev–Trinajstić information content (AvgIpc) is 3.22. The van der Waals surface area contributed by atoms with E-state index in [2.05, 4.69) is 22.1 Å². The molecule has 0 fully saturated rings. The third-order valence-electron chi connectivity index (χ3n) is 4.35. The molecule has 0 aliphatic rings. The molecule has 0 bridgehead atoms. The fraction of sp³-hybridized carbons (Fsp3) is 0.286. The van der Waals surface area contributed by atoms with Crippen molar-refractivity contribution in [1.82, 2.24) is 14.9 Å². The second-order valence-corrected chi connectivity index (χ2v) is 7.11. The number of carbonyl (C=O) groups excluding carboxylic acids is 1. The van der Waals surface area contributed by atoms with Crippen LogP contribution in [0.2, 0.25) is 0 Å². The highest BCUT2D eigenvalue weighted by molar-refractivity contribution is 7.98. The summed E-state index contributed by atoms with van der Waals surface area (Å²) in [6.45, 7) is 2.53. The fourth-order valence-electron chi connectivity index (χ4n) is 2.91. The lowest BCUT2D eigenvalue weighted by Crippen LogP contribution is -2.29. The number of carbonyl (C=O) groups is 1. The molecular formula is C21H23N3O2S. The molecule has 3 aromatic rings. The molecule has 6 heteroatoms. The maximum Gasteiger partial charge on any atom is 0.258 e. The van der Waals surface area contributed by atoms with E-state index in [1.807, 2.05) is 44.5 Å². The quantitative estimate of drug-likeness (QED) is 0.446. The van der Waals surface area contributed by atoms with Crippen molar-refractivity contribution >= 4 is 17.7 Å². The molecule has 0 aliphatic carbocycles. The largest absolute Gasteiger partial charge is 0.461 e. The van der Waals surface area contributed by atoms with Gasteiger partial charge >= 0.3 is 0 Å². The average molecular weight is 382 g/mol. The number of hydrogen-bond acceptors (Lipinski definition) is 5. The van der Waals surface area contributed by atoms with E-state index < -0.39 is 0 Å². The van der Waals surface area contributed by atoms with E-state index in [9.17, 15) is 4.79 Å². The van der Waals surface area contributed by atoms with Crippen LogP contribution in [0.25, 0.3) is 11.6 Å². The lowest BCUT2D eigenvalue weighted by atomic mass is 10.1. The number of thioether (sulfide) groups is 1. The van der Waals surface area contributed by atoms with Gasteiger partial charge in [-0.3, -0.25) is 4.79 Å². The van der Waals surface area contributed by atoms with Crippen molar-refractivity contribution in [3.05, 3.63) is 65.5 Å². The summed E-state index contributed by atoms with van der Waals surface area (Å²) in [6.07, 6.45) is 5.36. The summed E-state index contributed by atoms with van der Waals surface area (Å²) in [5.74, 6) is 1.06. The van der Waals surface area contributed by atoms with Crippen LogP contribution in [0.15, 0.2) is 58.2 Å². The van der Waals surface area contributed by atoms with Gasteiger partial charge in [0.1, 0.15) is 5.03 Å². The highest BCUT2D eigenvalue weighted by Crippen LogP contribution is 2.26. The molecule has 0 aliphatic heterocycles. The molecule has 5 nitrogen and oxygen atoms in total. The monoisotopic (exact) mass is 381 g/mol. The van der Waals surface area contributed by atoms with Gasteiger partial charge in [-0.15, -0.1) is 11.8 Å². The summed E-state index contributed by atoms with van der Waals surface area (Å²) >= 11 is 1.45. The van der Waals surface area contributed by atoms with Crippen LogP contribution in [0.4, 0.5) is 0 Å². The molecule has 2 aromatic heterocycles. The normalized spacial score (nSPS) is 10.8. The van der Waals surface area contributed by atoms with Crippen LogP contribution >= 0.6 is 11.8 Å². The topological polar surface area (TPSA) is 59.2 Å². The third kappa shape index (κ3) is 4.57. The standard InChI is InChI=1S/C21H23N3O2S/c1-15-18(20(27-3)23-19(22-15)17-12-8-14-26-17)21(25)24(2)13-7-11-16-9-5-4-6-10-16/h4-6,8-10,12,14H,7,11,13H2,1-3H3. The van der Waals surface area contributed by atoms with Gasteiger partial charge in [-0.25, -0.2) is 9.97 Å². The predicted octanol–water partition coefficient (Wildman–Crippen LogP) is 4.47. The van der Waals surface area contributed by atoms with E-state index in [0.29, 0.717) is 34.4 Å². The van der Waals surface area contributed by atoms with Crippen LogP contribution in [-0.2, 0) is 6.42 Å². The predicted molar refractivity (Wildman–Crippen MR) is 108 cm³/mol. The zero-order chi connectivity index (χ0) is 19.2. The van der Waals surface area contributed by atoms with Crippen molar-refractivity contribution in [2.75, 3.05) is 19.8 Å². The molecule has 0 spiro atoms. The van der Waals surface area contributed by atoms with Crippen molar-refractivity contribution in [3.8, 4) is 11.6 Å². The van der Waals surface area contributed by atoms with Crippen molar-refractivity contribution in [3.63, 3.8) is 0 Å². The Balaban J connectivity index is 1.73. The molecule has 0 saturated carbocycles. The summed E-state index contributed by atoms with van der Waals surface area (Å²) < 4.78 is 5.39. The maximum atomic E-state index is 13.0. The Morgan fingerprint density at radius 2 is 1.93 bits per heavy atom. The molecule has 2 heterocycles. The number of amides is 1. The van der Waals surface area contributed by atoms with E-state index in [1.54, 1.807) is 17.2 Å². The minimum absolute atomic E-state index is 0.0455. The molecule has 0 unspecified atom stereocenters. The number of rotatable bonds is 7. The Hall–Kier alpha value is -2.60. The number of hydrogen-bond donors (Lipinski definition) is 0. The van der Waals surface area contributed by atoms with Gasteiger partial charge in [0.2, 0.25) is 0 Å². The summed E-state index contributed by atoms with van der Waals surface area (Å²) in [5, 5.41) is 0.675. The lowest BCUT2D eigenvalue weighted by Gasteiger charge is -2.19. The Bertz CT molecular complexity index is 895. The Morgan fingerprint density at radius 3 is 2.59 bits per heavy atom. The smallest absolute Gasteiger partial charge is 0.258 e. The van der Waals surface area contributed by atoms with Crippen LogP contribution < -0.4 is 0 Å². The first kappa shape index (κ1) is 19.2. The maximum absolute atomic E-state index is 13.0. The molecule has 0 N–H and O–H groups in total. The van der Waals surface area contributed by atoms with Gasteiger partial charge in [0.05, 0.1) is 17.5 Å². The van der Waals surface area contributed by atoms with Crippen molar-refractivity contribution < 1.29 is 9.21 Å². The van der Waals surface area contributed by atoms with Gasteiger partial charge in [-0.1, -0.05) is 30.3 Å². The summed E-state index contributed by atoms with van der Waals surface area (Å²) in [5.41, 5.74) is 2.52. The van der Waals surface area contributed by atoms with E-state index in [1.165, 1.54) is 17.3 Å². The second kappa shape index (κ2) is 8.86. The number of aromatic nitrogens is 2. The van der Waals surface area contributed by atoms with Crippen molar-refractivity contribution in [2.24, 2.45) is 0 Å². The Labute approximate surface area is 163 Å². The highest BCUT2D eigenvalue weighted by Gasteiger charge is 2.22. The van der Waals surface area contributed by atoms with Gasteiger partial charge in [0.25, 0.3) is 5.91 Å². The van der Waals surface area contributed by atoms with Gasteiger partial charge < -0.3 is 9.32 Å². The Kier molecular flexibility index (Phi) is 6.29. The first-order valence-corrected chi connectivity index (χ1v) is 10.1. The highest BCUT2D eigenvalue weighted by atomic mass is 32.2. The molecule has 0 saturated heterocycles. The number of benzene rings is 1. The van der Waals surface area contributed by atoms with Crippen molar-refractivity contribution in [2.45, 2.75) is 24.8 Å². The molecule has 0 radical (unpaired) electrons. The van der Waals surface area contributed by atoms with E-state index >= 15 is 0 Å². The SMILES string of the molecule is CSc1nc(-c2ccco2)nc(C)c1C(=O)N(C)CCCc1ccccc1. The van der Waals surface area contributed by atoms with Crippen LogP contribution in [0, 0.1) is 6.92 Å². The first-order valence-electron chi connectivity index (χ1n) is 8.86.